The van der Waals surface area contributed by atoms with Gasteiger partial charge in [-0.05, 0) is 29.5 Å². The number of hydrogen-bond donors (Lipinski definition) is 1. The van der Waals surface area contributed by atoms with Crippen LogP contribution in [0.1, 0.15) is 0 Å². The molecule has 0 aromatic carbocycles. The minimum atomic E-state index is -0.521. The lowest BCUT2D eigenvalue weighted by Crippen LogP contribution is -2.12. The average Bonchev–Trinajstić information content (AvgIpc) is 2.53. The van der Waals surface area contributed by atoms with E-state index < -0.39 is 5.91 Å². The summed E-state index contributed by atoms with van der Waals surface area (Å²) in [7, 11) is 0. The number of allylic oxidation sites excluding steroid dienone is 13. The molecule has 0 fully saturated rings. The van der Waals surface area contributed by atoms with E-state index in [9.17, 15) is 4.79 Å². The van der Waals surface area contributed by atoms with Gasteiger partial charge in [0.05, 0.1) is 12.4 Å². The second-order valence-corrected chi connectivity index (χ2v) is 4.08. The van der Waals surface area contributed by atoms with Gasteiger partial charge in [0.2, 0.25) is 5.91 Å². The van der Waals surface area contributed by atoms with Gasteiger partial charge in [0, 0.05) is 5.57 Å². The molecule has 23 heavy (non-hydrogen) atoms. The Bertz CT molecular complexity index is 669. The average molecular weight is 306 g/mol. The monoisotopic (exact) mass is 306 g/mol. The Morgan fingerprint density at radius 1 is 0.783 bits per heavy atom. The molecule has 116 valence electrons. The predicted molar refractivity (Wildman–Crippen MR) is 94.6 cm³/mol. The highest BCUT2D eigenvalue weighted by molar-refractivity contribution is 5.96. The maximum atomic E-state index is 11.3. The van der Waals surface area contributed by atoms with E-state index in [1.807, 2.05) is 48.6 Å². The van der Waals surface area contributed by atoms with Gasteiger partial charge in [-0.1, -0.05) is 60.8 Å². The summed E-state index contributed by atoms with van der Waals surface area (Å²) in [5.41, 5.74) is 5.65. The van der Waals surface area contributed by atoms with Crippen LogP contribution >= 0.6 is 0 Å². The zero-order valence-electron chi connectivity index (χ0n) is 12.6. The number of nitrogens with zero attached hydrogens (tertiary/aromatic N) is 3. The molecule has 0 radical (unpaired) electrons. The van der Waals surface area contributed by atoms with E-state index in [4.69, 9.17) is 5.73 Å². The van der Waals surface area contributed by atoms with E-state index in [0.29, 0.717) is 5.57 Å². The van der Waals surface area contributed by atoms with Crippen molar-refractivity contribution < 1.29 is 4.79 Å². The largest absolute Gasteiger partial charge is 0.366 e. The third-order valence-corrected chi connectivity index (χ3v) is 2.36. The molecule has 1 amide bonds. The smallest absolute Gasteiger partial charge is 0.248 e. The van der Waals surface area contributed by atoms with Gasteiger partial charge < -0.3 is 5.73 Å². The SMILES string of the molecule is NC(=O)C1=C/C=C\C=C/C=C\C=C/C=C/C=C\N=N\N=C/C=C\1. The van der Waals surface area contributed by atoms with Crippen molar-refractivity contribution in [3.8, 4) is 0 Å². The lowest BCUT2D eigenvalue weighted by molar-refractivity contribution is -0.114. The molecule has 0 aromatic heterocycles. The number of nitrogens with two attached hydrogens (primary N) is 1. The van der Waals surface area contributed by atoms with Gasteiger partial charge in [0.1, 0.15) is 0 Å². The molecule has 1 rings (SSSR count). The summed E-state index contributed by atoms with van der Waals surface area (Å²) in [6.07, 6.45) is 28.0. The van der Waals surface area contributed by atoms with Gasteiger partial charge in [0.25, 0.3) is 0 Å². The predicted octanol–water partition coefficient (Wildman–Crippen LogP) is 3.70. The molecule has 0 aliphatic carbocycles. The summed E-state index contributed by atoms with van der Waals surface area (Å²) < 4.78 is 0. The fourth-order valence-electron chi connectivity index (χ4n) is 1.32. The number of hydrogen-bond acceptors (Lipinski definition) is 4. The number of primary amides is 1. The molecule has 0 bridgehead atoms. The van der Waals surface area contributed by atoms with Crippen LogP contribution < -0.4 is 5.73 Å². The molecule has 0 atom stereocenters. The normalized spacial score (nSPS) is 30.5. The van der Waals surface area contributed by atoms with Gasteiger partial charge in [-0.15, -0.1) is 10.2 Å². The zero-order valence-corrected chi connectivity index (χ0v) is 12.6. The minimum absolute atomic E-state index is 0.357. The first-order valence-electron chi connectivity index (χ1n) is 6.90. The number of rotatable bonds is 1. The van der Waals surface area contributed by atoms with Gasteiger partial charge in [-0.2, -0.15) is 0 Å². The molecule has 5 nitrogen and oxygen atoms in total. The van der Waals surface area contributed by atoms with E-state index >= 15 is 0 Å². The van der Waals surface area contributed by atoms with E-state index in [2.05, 4.69) is 15.4 Å². The Morgan fingerprint density at radius 3 is 1.96 bits per heavy atom. The fourth-order valence-corrected chi connectivity index (χ4v) is 1.32. The summed E-state index contributed by atoms with van der Waals surface area (Å²) >= 11 is 0. The second kappa shape index (κ2) is 12.4. The molecule has 1 aliphatic rings. The molecule has 2 N–H and O–H groups in total. The van der Waals surface area contributed by atoms with Gasteiger partial charge >= 0.3 is 0 Å². The Kier molecular flexibility index (Phi) is 9.55. The van der Waals surface area contributed by atoms with E-state index in [1.54, 1.807) is 36.5 Å². The Balaban J connectivity index is 2.90. The molecular weight excluding hydrogens is 288 g/mol. The molecule has 0 saturated heterocycles. The van der Waals surface area contributed by atoms with Gasteiger partial charge in [-0.25, -0.2) is 0 Å². The highest BCUT2D eigenvalue weighted by Gasteiger charge is 1.96. The zero-order chi connectivity index (χ0) is 16.6. The number of carbonyl (C=O) groups excluding carboxylic acids is 1. The third-order valence-electron chi connectivity index (χ3n) is 2.36. The van der Waals surface area contributed by atoms with E-state index in [1.165, 1.54) is 12.4 Å². The standard InChI is InChI=1S/C18H18N4O/c19-18(23)17-13-10-8-6-4-2-1-3-5-7-9-11-15-20-22-21-16-12-14-17/h1-16H,(H2,19,23)/b2-1-,3-1?,4-2?,5-3-,6-4-,7-5?,8-6?,9-7+,10-8-,11-9?,13-10?,14-12-,15-11-,16-12?,17-13+,17-14?,20-15?,21-16-,22-20+,22-21?. The van der Waals surface area contributed by atoms with E-state index in [-0.39, 0.29) is 0 Å². The maximum Gasteiger partial charge on any atom is 0.248 e. The topological polar surface area (TPSA) is 80.2 Å². The van der Waals surface area contributed by atoms with Crippen LogP contribution in [0.5, 0.6) is 0 Å². The van der Waals surface area contributed by atoms with Crippen molar-refractivity contribution >= 4 is 12.1 Å². The summed E-state index contributed by atoms with van der Waals surface area (Å²) in [6, 6.07) is 0. The maximum absolute atomic E-state index is 11.3. The highest BCUT2D eigenvalue weighted by Crippen LogP contribution is 1.97. The van der Waals surface area contributed by atoms with Crippen molar-refractivity contribution in [1.82, 2.24) is 0 Å². The van der Waals surface area contributed by atoms with Crippen molar-refractivity contribution in [2.24, 2.45) is 21.2 Å². The Labute approximate surface area is 135 Å². The van der Waals surface area contributed by atoms with Crippen molar-refractivity contribution in [1.29, 1.82) is 0 Å². The molecule has 0 aromatic rings. The fraction of sp³-hybridized carbons (Fsp3) is 0. The van der Waals surface area contributed by atoms with E-state index in [0.717, 1.165) is 0 Å². The summed E-state index contributed by atoms with van der Waals surface area (Å²) in [4.78, 5) is 11.3. The van der Waals surface area contributed by atoms with Gasteiger partial charge in [0.15, 0.2) is 0 Å². The van der Waals surface area contributed by atoms with Crippen molar-refractivity contribution in [3.05, 3.63) is 96.8 Å². The first-order chi connectivity index (χ1) is 11.3. The minimum Gasteiger partial charge on any atom is -0.366 e. The van der Waals surface area contributed by atoms with Crippen LogP contribution in [0.2, 0.25) is 0 Å². The molecule has 0 unspecified atom stereocenters. The summed E-state index contributed by atoms with van der Waals surface area (Å²) in [5.74, 6) is -0.521. The van der Waals surface area contributed by atoms with Crippen LogP contribution in [0.4, 0.5) is 0 Å². The quantitative estimate of drug-likeness (QED) is 0.787. The second-order valence-electron chi connectivity index (χ2n) is 4.08. The van der Waals surface area contributed by atoms with Crippen LogP contribution in [0, 0.1) is 0 Å². The molecular formula is C18H18N4O. The van der Waals surface area contributed by atoms with Crippen LogP contribution in [0.3, 0.4) is 0 Å². The Morgan fingerprint density at radius 2 is 1.35 bits per heavy atom. The molecule has 0 spiro atoms. The first kappa shape index (κ1) is 17.7. The lowest BCUT2D eigenvalue weighted by Gasteiger charge is -1.91. The molecule has 5 heteroatoms. The van der Waals surface area contributed by atoms with Crippen LogP contribution in [0.15, 0.2) is 112 Å². The third kappa shape index (κ3) is 10.1. The first-order valence-corrected chi connectivity index (χ1v) is 6.90. The number of amides is 1. The molecule has 0 saturated carbocycles. The van der Waals surface area contributed by atoms with Crippen LogP contribution in [0.25, 0.3) is 0 Å². The van der Waals surface area contributed by atoms with Crippen LogP contribution in [-0.4, -0.2) is 12.1 Å². The molecule has 1 heterocycles. The van der Waals surface area contributed by atoms with Crippen LogP contribution in [-0.2, 0) is 4.79 Å². The van der Waals surface area contributed by atoms with Gasteiger partial charge in [-0.3, -0.25) is 4.79 Å². The van der Waals surface area contributed by atoms with Crippen molar-refractivity contribution in [2.45, 2.75) is 0 Å². The van der Waals surface area contributed by atoms with Crippen molar-refractivity contribution in [3.63, 3.8) is 0 Å². The Hall–Kier alpha value is -3.34. The number of carbonyl (C=O) groups is 1. The summed E-state index contributed by atoms with van der Waals surface area (Å²) in [6.45, 7) is 0. The van der Waals surface area contributed by atoms with Crippen molar-refractivity contribution in [2.75, 3.05) is 0 Å². The lowest BCUT2D eigenvalue weighted by atomic mass is 10.2. The summed E-state index contributed by atoms with van der Waals surface area (Å²) in [5, 5.41) is 11.0. The highest BCUT2D eigenvalue weighted by atomic mass is 16.1. The molecule has 1 aliphatic heterocycles.